The van der Waals surface area contributed by atoms with Gasteiger partial charge in [0.05, 0.1) is 11.8 Å². The van der Waals surface area contributed by atoms with Gasteiger partial charge in [-0.15, -0.1) is 0 Å². The maximum absolute atomic E-state index is 10.4. The van der Waals surface area contributed by atoms with E-state index in [1.165, 1.54) is 32.1 Å². The van der Waals surface area contributed by atoms with E-state index in [-0.39, 0.29) is 17.4 Å². The largest absolute Gasteiger partial charge is 0.411 e. The van der Waals surface area contributed by atoms with E-state index in [0.717, 1.165) is 49.1 Å². The maximum atomic E-state index is 10.4. The monoisotopic (exact) mass is 443 g/mol. The third kappa shape index (κ3) is 3.89. The number of oxime groups is 1. The van der Waals surface area contributed by atoms with Crippen molar-refractivity contribution in [3.05, 3.63) is 12.2 Å². The van der Waals surface area contributed by atoms with Crippen LogP contribution in [0.5, 0.6) is 0 Å². The van der Waals surface area contributed by atoms with E-state index in [4.69, 9.17) is 0 Å². The van der Waals surface area contributed by atoms with Crippen LogP contribution >= 0.6 is 0 Å². The zero-order chi connectivity index (χ0) is 23.3. The fourth-order valence-corrected chi connectivity index (χ4v) is 9.34. The first-order chi connectivity index (χ1) is 15.2. The number of hydrogen-bond donors (Lipinski definition) is 2. The molecule has 0 aromatic carbocycles. The summed E-state index contributed by atoms with van der Waals surface area (Å²) in [5.74, 6) is 5.19. The molecular formula is C29H49NO2. The van der Waals surface area contributed by atoms with Crippen molar-refractivity contribution in [1.82, 2.24) is 0 Å². The van der Waals surface area contributed by atoms with Gasteiger partial charge in [-0.25, -0.2) is 0 Å². The molecule has 3 nitrogen and oxygen atoms in total. The minimum absolute atomic E-state index is 0.195. The first-order valence-corrected chi connectivity index (χ1v) is 13.7. The topological polar surface area (TPSA) is 52.8 Å². The van der Waals surface area contributed by atoms with Crippen LogP contribution in [-0.2, 0) is 0 Å². The van der Waals surface area contributed by atoms with Gasteiger partial charge in [0.2, 0.25) is 0 Å². The fraction of sp³-hybridized carbons (Fsp3) is 0.897. The van der Waals surface area contributed by atoms with Crippen LogP contribution in [0, 0.1) is 58.2 Å². The third-order valence-electron chi connectivity index (χ3n) is 11.3. The summed E-state index contributed by atoms with van der Waals surface area (Å²) in [6.07, 6.45) is 15.2. The van der Waals surface area contributed by atoms with Crippen molar-refractivity contribution in [1.29, 1.82) is 0 Å². The van der Waals surface area contributed by atoms with Gasteiger partial charge in [0.15, 0.2) is 0 Å². The molecule has 4 aliphatic rings. The lowest BCUT2D eigenvalue weighted by Crippen LogP contribution is -2.57. The summed E-state index contributed by atoms with van der Waals surface area (Å²) >= 11 is 0. The van der Waals surface area contributed by atoms with E-state index in [1.54, 1.807) is 0 Å². The second-order valence-corrected chi connectivity index (χ2v) is 12.9. The molecule has 0 aromatic rings. The summed E-state index contributed by atoms with van der Waals surface area (Å²) in [5, 5.41) is 24.2. The van der Waals surface area contributed by atoms with Crippen molar-refractivity contribution in [2.45, 2.75) is 105 Å². The zero-order valence-corrected chi connectivity index (χ0v) is 21.6. The minimum atomic E-state index is -0.225. The average Bonchev–Trinajstić information content (AvgIpc) is 3.11. The smallest absolute Gasteiger partial charge is 0.0611 e. The molecule has 4 aliphatic carbocycles. The first kappa shape index (κ1) is 24.3. The Bertz CT molecular complexity index is 729. The van der Waals surface area contributed by atoms with Gasteiger partial charge in [0.1, 0.15) is 0 Å². The van der Waals surface area contributed by atoms with E-state index in [1.807, 2.05) is 0 Å². The van der Waals surface area contributed by atoms with Crippen LogP contribution in [0.3, 0.4) is 0 Å². The summed E-state index contributed by atoms with van der Waals surface area (Å²) in [6, 6.07) is 0. The van der Waals surface area contributed by atoms with Gasteiger partial charge in [-0.3, -0.25) is 0 Å². The SMILES string of the molecule is CC[C@H](/C=C/[C@@H](C)[C@H]1CC[C@H]2[C@@H]3C/C(=N/O)C4C[C@@H](O)CC[C@]4(C)[C@H]3CC[C@]12C)C(C)C. The van der Waals surface area contributed by atoms with Gasteiger partial charge >= 0.3 is 0 Å². The fourth-order valence-electron chi connectivity index (χ4n) is 9.34. The van der Waals surface area contributed by atoms with Crippen molar-refractivity contribution in [2.75, 3.05) is 0 Å². The van der Waals surface area contributed by atoms with E-state index in [9.17, 15) is 10.3 Å². The van der Waals surface area contributed by atoms with E-state index in [0.29, 0.717) is 29.1 Å². The van der Waals surface area contributed by atoms with Crippen LogP contribution in [0.4, 0.5) is 0 Å². The predicted molar refractivity (Wildman–Crippen MR) is 133 cm³/mol. The molecular weight excluding hydrogens is 394 g/mol. The van der Waals surface area contributed by atoms with E-state index < -0.39 is 0 Å². The Morgan fingerprint density at radius 2 is 1.69 bits per heavy atom. The second-order valence-electron chi connectivity index (χ2n) is 12.9. The Morgan fingerprint density at radius 3 is 2.34 bits per heavy atom. The van der Waals surface area contributed by atoms with Crippen molar-refractivity contribution in [3.8, 4) is 0 Å². The molecule has 3 heteroatoms. The molecule has 0 radical (unpaired) electrons. The number of allylic oxidation sites excluding steroid dienone is 2. The van der Waals surface area contributed by atoms with E-state index >= 15 is 0 Å². The van der Waals surface area contributed by atoms with Crippen molar-refractivity contribution < 1.29 is 10.3 Å². The molecule has 0 saturated heterocycles. The Hall–Kier alpha value is -0.830. The molecule has 182 valence electrons. The lowest BCUT2D eigenvalue weighted by atomic mass is 9.44. The molecule has 10 atom stereocenters. The van der Waals surface area contributed by atoms with E-state index in [2.05, 4.69) is 58.9 Å². The molecule has 32 heavy (non-hydrogen) atoms. The summed E-state index contributed by atoms with van der Waals surface area (Å²) in [5.41, 5.74) is 1.60. The van der Waals surface area contributed by atoms with Crippen LogP contribution in [0.25, 0.3) is 0 Å². The van der Waals surface area contributed by atoms with Gasteiger partial charge in [0.25, 0.3) is 0 Å². The van der Waals surface area contributed by atoms with Crippen molar-refractivity contribution in [2.24, 2.45) is 63.3 Å². The molecule has 1 unspecified atom stereocenters. The summed E-state index contributed by atoms with van der Waals surface area (Å²) in [7, 11) is 0. The van der Waals surface area contributed by atoms with Crippen LogP contribution in [0.1, 0.15) is 99.3 Å². The zero-order valence-electron chi connectivity index (χ0n) is 21.6. The van der Waals surface area contributed by atoms with Gasteiger partial charge in [-0.2, -0.15) is 0 Å². The number of nitrogens with zero attached hydrogens (tertiary/aromatic N) is 1. The number of hydrogen-bond acceptors (Lipinski definition) is 3. The Balaban J connectivity index is 1.56. The van der Waals surface area contributed by atoms with Gasteiger partial charge in [-0.05, 0) is 110 Å². The molecule has 0 spiro atoms. The van der Waals surface area contributed by atoms with Crippen LogP contribution in [0.2, 0.25) is 0 Å². The lowest BCUT2D eigenvalue weighted by Gasteiger charge is -2.61. The van der Waals surface area contributed by atoms with Gasteiger partial charge in [0, 0.05) is 5.92 Å². The minimum Gasteiger partial charge on any atom is -0.411 e. The molecule has 4 fully saturated rings. The van der Waals surface area contributed by atoms with Gasteiger partial charge in [-0.1, -0.05) is 58.9 Å². The highest BCUT2D eigenvalue weighted by molar-refractivity contribution is 5.88. The van der Waals surface area contributed by atoms with Crippen molar-refractivity contribution >= 4 is 5.71 Å². The molecule has 4 saturated carbocycles. The summed E-state index contributed by atoms with van der Waals surface area (Å²) in [6.45, 7) is 14.5. The normalized spacial score (nSPS) is 47.3. The number of aliphatic hydroxyl groups excluding tert-OH is 1. The van der Waals surface area contributed by atoms with Crippen LogP contribution in [-0.4, -0.2) is 22.1 Å². The highest BCUT2D eigenvalue weighted by Gasteiger charge is 2.62. The molecule has 0 amide bonds. The van der Waals surface area contributed by atoms with Crippen LogP contribution < -0.4 is 0 Å². The summed E-state index contributed by atoms with van der Waals surface area (Å²) in [4.78, 5) is 0. The number of fused-ring (bicyclic) bond motifs is 5. The Labute approximate surface area is 197 Å². The number of aliphatic hydroxyl groups is 1. The Kier molecular flexibility index (Phi) is 6.90. The lowest BCUT2D eigenvalue weighted by molar-refractivity contribution is -0.0929. The second kappa shape index (κ2) is 9.08. The van der Waals surface area contributed by atoms with Gasteiger partial charge < -0.3 is 10.3 Å². The molecule has 0 aliphatic heterocycles. The first-order valence-electron chi connectivity index (χ1n) is 13.7. The maximum Gasteiger partial charge on any atom is 0.0611 e. The highest BCUT2D eigenvalue weighted by Crippen LogP contribution is 2.67. The van der Waals surface area contributed by atoms with Crippen LogP contribution in [0.15, 0.2) is 17.3 Å². The Morgan fingerprint density at radius 1 is 1.00 bits per heavy atom. The molecule has 0 aromatic heterocycles. The summed E-state index contributed by atoms with van der Waals surface area (Å²) < 4.78 is 0. The molecule has 0 heterocycles. The molecule has 2 N–H and O–H groups in total. The molecule has 4 rings (SSSR count). The number of rotatable bonds is 5. The standard InChI is InChI=1S/C29H49NO2/c1-7-20(18(2)3)9-8-19(4)23-10-11-24-22-17-27(30-32)26-16-21(31)12-14-29(26,6)25(22)13-15-28(23,24)5/h8-9,18-26,31-32H,7,10-17H2,1-6H3/b9-8+,30-27-/t19-,20-,21+,22+,23-,24+,25+,26?,28-,29-/m1/s1. The molecule has 0 bridgehead atoms. The average molecular weight is 444 g/mol. The third-order valence-corrected chi connectivity index (χ3v) is 11.3. The highest BCUT2D eigenvalue weighted by atomic mass is 16.4. The predicted octanol–water partition coefficient (Wildman–Crippen LogP) is 7.32. The van der Waals surface area contributed by atoms with Crippen molar-refractivity contribution in [3.63, 3.8) is 0 Å². The quantitative estimate of drug-likeness (QED) is 0.266.